The van der Waals surface area contributed by atoms with Gasteiger partial charge in [-0.15, -0.1) is 0 Å². The quantitative estimate of drug-likeness (QED) is 0.903. The van der Waals surface area contributed by atoms with Crippen LogP contribution in [0.4, 0.5) is 5.69 Å². The van der Waals surface area contributed by atoms with Crippen molar-refractivity contribution >= 4 is 27.5 Å². The van der Waals surface area contributed by atoms with Crippen molar-refractivity contribution in [3.8, 4) is 11.3 Å². The van der Waals surface area contributed by atoms with Gasteiger partial charge in [0.1, 0.15) is 0 Å². The van der Waals surface area contributed by atoms with Crippen molar-refractivity contribution in [3.63, 3.8) is 0 Å². The predicted molar refractivity (Wildman–Crippen MR) is 81.6 cm³/mol. The van der Waals surface area contributed by atoms with Crippen molar-refractivity contribution in [2.24, 2.45) is 0 Å². The Labute approximate surface area is 125 Å². The van der Waals surface area contributed by atoms with Gasteiger partial charge in [-0.05, 0) is 40.7 Å². The molecule has 0 saturated carbocycles. The van der Waals surface area contributed by atoms with E-state index in [1.165, 1.54) is 0 Å². The van der Waals surface area contributed by atoms with Gasteiger partial charge in [0, 0.05) is 24.8 Å². The lowest BCUT2D eigenvalue weighted by atomic mass is 10.0. The Bertz CT molecular complexity index is 680. The second-order valence-electron chi connectivity index (χ2n) is 4.86. The summed E-state index contributed by atoms with van der Waals surface area (Å²) in [5.41, 5.74) is 5.01. The van der Waals surface area contributed by atoms with Crippen LogP contribution in [0.15, 0.2) is 22.9 Å². The fourth-order valence-corrected chi connectivity index (χ4v) is 2.95. The monoisotopic (exact) mass is 334 g/mol. The van der Waals surface area contributed by atoms with E-state index in [4.69, 9.17) is 0 Å². The molecule has 2 heterocycles. The fraction of sp³-hybridized carbons (Fsp3) is 0.286. The second-order valence-corrected chi connectivity index (χ2v) is 5.61. The molecule has 0 saturated heterocycles. The third kappa shape index (κ3) is 2.14. The SMILES string of the molecule is CNCc1[nH]c(Br)nc1-c1ccc2c(c1)CC(=O)N2C. The van der Waals surface area contributed by atoms with Gasteiger partial charge >= 0.3 is 0 Å². The summed E-state index contributed by atoms with van der Waals surface area (Å²) in [4.78, 5) is 21.1. The molecule has 1 aliphatic heterocycles. The van der Waals surface area contributed by atoms with E-state index in [-0.39, 0.29) is 5.91 Å². The Morgan fingerprint density at radius 3 is 3.05 bits per heavy atom. The highest BCUT2D eigenvalue weighted by Gasteiger charge is 2.24. The number of rotatable bonds is 3. The molecule has 0 fully saturated rings. The molecule has 1 amide bonds. The van der Waals surface area contributed by atoms with E-state index >= 15 is 0 Å². The Kier molecular flexibility index (Phi) is 3.35. The molecule has 1 aromatic heterocycles. The van der Waals surface area contributed by atoms with Gasteiger partial charge in [0.05, 0.1) is 17.8 Å². The number of nitrogens with one attached hydrogen (secondary N) is 2. The van der Waals surface area contributed by atoms with E-state index in [0.717, 1.165) is 28.2 Å². The van der Waals surface area contributed by atoms with E-state index in [2.05, 4.69) is 37.3 Å². The fourth-order valence-electron chi connectivity index (χ4n) is 2.54. The zero-order valence-corrected chi connectivity index (χ0v) is 12.9. The number of carbonyl (C=O) groups excluding carboxylic acids is 1. The lowest BCUT2D eigenvalue weighted by Gasteiger charge is -2.10. The summed E-state index contributed by atoms with van der Waals surface area (Å²) in [6.45, 7) is 0.712. The first kappa shape index (κ1) is 13.3. The summed E-state index contributed by atoms with van der Waals surface area (Å²) in [5, 5.41) is 3.12. The van der Waals surface area contributed by atoms with E-state index in [1.54, 1.807) is 4.90 Å². The van der Waals surface area contributed by atoms with Crippen molar-refractivity contribution in [2.45, 2.75) is 13.0 Å². The molecule has 0 unspecified atom stereocenters. The minimum atomic E-state index is 0.135. The molecule has 0 radical (unpaired) electrons. The third-order valence-electron chi connectivity index (χ3n) is 3.53. The van der Waals surface area contributed by atoms with Gasteiger partial charge in [-0.25, -0.2) is 4.98 Å². The van der Waals surface area contributed by atoms with Crippen molar-refractivity contribution in [1.29, 1.82) is 0 Å². The summed E-state index contributed by atoms with van der Waals surface area (Å²) in [7, 11) is 3.71. The van der Waals surface area contributed by atoms with Crippen LogP contribution >= 0.6 is 15.9 Å². The first-order valence-corrected chi connectivity index (χ1v) is 7.18. The molecule has 5 nitrogen and oxygen atoms in total. The van der Waals surface area contributed by atoms with Crippen LogP contribution in [0.2, 0.25) is 0 Å². The van der Waals surface area contributed by atoms with Gasteiger partial charge in [0.25, 0.3) is 0 Å². The maximum absolute atomic E-state index is 11.7. The average molecular weight is 335 g/mol. The van der Waals surface area contributed by atoms with Gasteiger partial charge in [-0.2, -0.15) is 0 Å². The van der Waals surface area contributed by atoms with Gasteiger partial charge in [0.15, 0.2) is 4.73 Å². The molecule has 2 aromatic rings. The van der Waals surface area contributed by atoms with Crippen LogP contribution in [0, 0.1) is 0 Å². The van der Waals surface area contributed by atoms with Crippen molar-refractivity contribution < 1.29 is 4.79 Å². The maximum atomic E-state index is 11.7. The van der Waals surface area contributed by atoms with Gasteiger partial charge in [-0.3, -0.25) is 4.79 Å². The number of amides is 1. The molecule has 1 aromatic carbocycles. The van der Waals surface area contributed by atoms with Crippen LogP contribution in [0.3, 0.4) is 0 Å². The van der Waals surface area contributed by atoms with E-state index < -0.39 is 0 Å². The molecule has 20 heavy (non-hydrogen) atoms. The number of nitrogens with zero attached hydrogens (tertiary/aromatic N) is 2. The zero-order chi connectivity index (χ0) is 14.3. The van der Waals surface area contributed by atoms with Crippen LogP contribution in [-0.2, 0) is 17.8 Å². The van der Waals surface area contributed by atoms with Gasteiger partial charge in [-0.1, -0.05) is 6.07 Å². The topological polar surface area (TPSA) is 61.0 Å². The summed E-state index contributed by atoms with van der Waals surface area (Å²) in [5.74, 6) is 0.135. The third-order valence-corrected chi connectivity index (χ3v) is 3.91. The summed E-state index contributed by atoms with van der Waals surface area (Å²) >= 11 is 3.38. The van der Waals surface area contributed by atoms with Gasteiger partial charge < -0.3 is 15.2 Å². The summed E-state index contributed by atoms with van der Waals surface area (Å²) in [6.07, 6.45) is 0.465. The molecule has 0 bridgehead atoms. The highest BCUT2D eigenvalue weighted by Crippen LogP contribution is 2.33. The number of benzene rings is 1. The number of anilines is 1. The molecule has 1 aliphatic rings. The zero-order valence-electron chi connectivity index (χ0n) is 11.3. The average Bonchev–Trinajstić information content (AvgIpc) is 2.91. The Hall–Kier alpha value is -1.66. The predicted octanol–water partition coefficient (Wildman–Crippen LogP) is 2.08. The molecule has 0 spiro atoms. The molecule has 0 aliphatic carbocycles. The number of H-pyrrole nitrogens is 1. The highest BCUT2D eigenvalue weighted by atomic mass is 79.9. The smallest absolute Gasteiger partial charge is 0.231 e. The van der Waals surface area contributed by atoms with Crippen LogP contribution in [0.1, 0.15) is 11.3 Å². The van der Waals surface area contributed by atoms with Crippen molar-refractivity contribution in [2.75, 3.05) is 19.0 Å². The van der Waals surface area contributed by atoms with Crippen LogP contribution in [0.25, 0.3) is 11.3 Å². The number of imidazole rings is 1. The van der Waals surface area contributed by atoms with E-state index in [1.807, 2.05) is 26.2 Å². The Morgan fingerprint density at radius 2 is 2.30 bits per heavy atom. The maximum Gasteiger partial charge on any atom is 0.231 e. The number of likely N-dealkylation sites (N-methyl/N-ethyl adjacent to an activating group) is 1. The molecule has 2 N–H and O–H groups in total. The van der Waals surface area contributed by atoms with Crippen molar-refractivity contribution in [3.05, 3.63) is 34.2 Å². The lowest BCUT2D eigenvalue weighted by Crippen LogP contribution is -2.20. The number of hydrogen-bond acceptors (Lipinski definition) is 3. The summed E-state index contributed by atoms with van der Waals surface area (Å²) < 4.78 is 0.714. The number of aromatic amines is 1. The number of fused-ring (bicyclic) bond motifs is 1. The molecule has 6 heteroatoms. The van der Waals surface area contributed by atoms with Crippen LogP contribution < -0.4 is 10.2 Å². The Balaban J connectivity index is 2.04. The van der Waals surface area contributed by atoms with Crippen LogP contribution in [-0.4, -0.2) is 30.0 Å². The number of hydrogen-bond donors (Lipinski definition) is 2. The number of halogens is 1. The van der Waals surface area contributed by atoms with Crippen LogP contribution in [0.5, 0.6) is 0 Å². The van der Waals surface area contributed by atoms with E-state index in [9.17, 15) is 4.79 Å². The van der Waals surface area contributed by atoms with E-state index in [0.29, 0.717) is 17.7 Å². The molecule has 3 rings (SSSR count). The minimum absolute atomic E-state index is 0.135. The number of aromatic nitrogens is 2. The molecular formula is C14H15BrN4O. The molecule has 104 valence electrons. The first-order chi connectivity index (χ1) is 9.60. The standard InChI is InChI=1S/C14H15BrN4O/c1-16-7-10-13(18-14(15)17-10)8-3-4-11-9(5-8)6-12(20)19(11)2/h3-5,16H,6-7H2,1-2H3,(H,17,18). The number of carbonyl (C=O) groups is 1. The minimum Gasteiger partial charge on any atom is -0.335 e. The Morgan fingerprint density at radius 1 is 1.50 bits per heavy atom. The highest BCUT2D eigenvalue weighted by molar-refractivity contribution is 9.10. The molecule has 0 atom stereocenters. The largest absolute Gasteiger partial charge is 0.335 e. The lowest BCUT2D eigenvalue weighted by molar-refractivity contribution is -0.117. The summed E-state index contributed by atoms with van der Waals surface area (Å²) in [6, 6.07) is 6.05. The normalized spacial score (nSPS) is 13.9. The first-order valence-electron chi connectivity index (χ1n) is 6.39. The molecular weight excluding hydrogens is 320 g/mol. The second kappa shape index (κ2) is 5.03. The van der Waals surface area contributed by atoms with Crippen molar-refractivity contribution in [1.82, 2.24) is 15.3 Å². The van der Waals surface area contributed by atoms with Gasteiger partial charge in [0.2, 0.25) is 5.91 Å².